The first-order valence-corrected chi connectivity index (χ1v) is 9.53. The van der Waals surface area contributed by atoms with Crippen LogP contribution in [-0.4, -0.2) is 18.4 Å². The van der Waals surface area contributed by atoms with E-state index >= 15 is 0 Å². The Bertz CT molecular complexity index is 925. The van der Waals surface area contributed by atoms with E-state index in [0.717, 1.165) is 17.0 Å². The number of carbonyl (C=O) groups is 2. The predicted octanol–water partition coefficient (Wildman–Crippen LogP) is 4.54. The van der Waals surface area contributed by atoms with Crippen LogP contribution in [-0.2, 0) is 16.1 Å². The largest absolute Gasteiger partial charge is 0.457 e. The number of para-hydroxylation sites is 1. The molecule has 148 valence electrons. The minimum atomic E-state index is -0.113. The van der Waals surface area contributed by atoms with E-state index in [4.69, 9.17) is 4.74 Å². The third kappa shape index (κ3) is 6.21. The Hall–Kier alpha value is -3.60. The van der Waals surface area contributed by atoms with E-state index in [1.165, 1.54) is 6.92 Å². The van der Waals surface area contributed by atoms with Gasteiger partial charge in [0.15, 0.2) is 0 Å². The summed E-state index contributed by atoms with van der Waals surface area (Å²) >= 11 is 0. The Morgan fingerprint density at radius 3 is 2.03 bits per heavy atom. The number of benzene rings is 3. The highest BCUT2D eigenvalue weighted by molar-refractivity contribution is 5.92. The number of hydrogen-bond acceptors (Lipinski definition) is 3. The molecule has 0 heterocycles. The van der Waals surface area contributed by atoms with E-state index in [-0.39, 0.29) is 18.2 Å². The van der Waals surface area contributed by atoms with Crippen LogP contribution in [0.2, 0.25) is 0 Å². The number of rotatable bonds is 8. The average molecular weight is 388 g/mol. The van der Waals surface area contributed by atoms with Crippen molar-refractivity contribution in [1.82, 2.24) is 5.32 Å². The van der Waals surface area contributed by atoms with Gasteiger partial charge in [0, 0.05) is 32.1 Å². The zero-order valence-corrected chi connectivity index (χ0v) is 16.4. The highest BCUT2D eigenvalue weighted by atomic mass is 16.5. The number of hydrogen-bond donors (Lipinski definition) is 1. The number of carbonyl (C=O) groups excluding carboxylic acids is 2. The molecule has 0 unspecified atom stereocenters. The molecule has 0 aliphatic carbocycles. The quantitative estimate of drug-likeness (QED) is 0.616. The molecule has 0 fully saturated rings. The minimum Gasteiger partial charge on any atom is -0.457 e. The second-order valence-corrected chi connectivity index (χ2v) is 6.59. The predicted molar refractivity (Wildman–Crippen MR) is 114 cm³/mol. The fourth-order valence-electron chi connectivity index (χ4n) is 2.89. The summed E-state index contributed by atoms with van der Waals surface area (Å²) in [5, 5.41) is 2.88. The highest BCUT2D eigenvalue weighted by Crippen LogP contribution is 2.24. The van der Waals surface area contributed by atoms with Crippen LogP contribution in [0.5, 0.6) is 11.5 Å². The van der Waals surface area contributed by atoms with Crippen molar-refractivity contribution in [2.24, 2.45) is 0 Å². The van der Waals surface area contributed by atoms with Crippen LogP contribution in [0.25, 0.3) is 0 Å². The summed E-state index contributed by atoms with van der Waals surface area (Å²) in [5.41, 5.74) is 1.77. The Balaban J connectivity index is 1.55. The second-order valence-electron chi connectivity index (χ2n) is 6.59. The average Bonchev–Trinajstić information content (AvgIpc) is 2.75. The maximum Gasteiger partial charge on any atom is 0.223 e. The summed E-state index contributed by atoms with van der Waals surface area (Å²) in [6.45, 7) is 2.29. The van der Waals surface area contributed by atoms with Crippen LogP contribution in [0, 0.1) is 0 Å². The normalized spacial score (nSPS) is 10.2. The SMILES string of the molecule is CC(=O)N(CCC(=O)NCc1ccccc1)c1ccc(Oc2ccccc2)cc1. The van der Waals surface area contributed by atoms with Gasteiger partial charge in [-0.1, -0.05) is 48.5 Å². The van der Waals surface area contributed by atoms with Gasteiger partial charge in [-0.3, -0.25) is 9.59 Å². The molecule has 0 aliphatic heterocycles. The maximum atomic E-state index is 12.2. The van der Waals surface area contributed by atoms with Crippen LogP contribution >= 0.6 is 0 Å². The topological polar surface area (TPSA) is 58.6 Å². The van der Waals surface area contributed by atoms with Gasteiger partial charge in [-0.25, -0.2) is 0 Å². The van der Waals surface area contributed by atoms with E-state index in [1.54, 1.807) is 4.90 Å². The molecule has 0 radical (unpaired) electrons. The molecule has 0 aliphatic rings. The van der Waals surface area contributed by atoms with Crippen LogP contribution in [0.3, 0.4) is 0 Å². The van der Waals surface area contributed by atoms with Crippen molar-refractivity contribution in [2.45, 2.75) is 19.9 Å². The minimum absolute atomic E-state index is 0.0934. The molecule has 0 saturated heterocycles. The first-order valence-electron chi connectivity index (χ1n) is 9.53. The summed E-state index contributed by atoms with van der Waals surface area (Å²) in [6.07, 6.45) is 0.231. The molecule has 2 amide bonds. The summed E-state index contributed by atoms with van der Waals surface area (Å²) in [4.78, 5) is 25.8. The van der Waals surface area contributed by atoms with Gasteiger partial charge in [0.1, 0.15) is 11.5 Å². The zero-order valence-electron chi connectivity index (χ0n) is 16.4. The van der Waals surface area contributed by atoms with Crippen LogP contribution in [0.1, 0.15) is 18.9 Å². The molecule has 3 rings (SSSR count). The lowest BCUT2D eigenvalue weighted by Gasteiger charge is -2.21. The Morgan fingerprint density at radius 2 is 1.41 bits per heavy atom. The van der Waals surface area contributed by atoms with Gasteiger partial charge >= 0.3 is 0 Å². The molecule has 3 aromatic rings. The van der Waals surface area contributed by atoms with Crippen molar-refractivity contribution >= 4 is 17.5 Å². The van der Waals surface area contributed by atoms with Crippen molar-refractivity contribution in [3.05, 3.63) is 90.5 Å². The van der Waals surface area contributed by atoms with Gasteiger partial charge in [-0.2, -0.15) is 0 Å². The van der Waals surface area contributed by atoms with Crippen LogP contribution in [0.4, 0.5) is 5.69 Å². The highest BCUT2D eigenvalue weighted by Gasteiger charge is 2.13. The molecule has 5 nitrogen and oxygen atoms in total. The number of nitrogens with one attached hydrogen (secondary N) is 1. The molecule has 29 heavy (non-hydrogen) atoms. The monoisotopic (exact) mass is 388 g/mol. The van der Waals surface area contributed by atoms with Gasteiger partial charge in [0.05, 0.1) is 0 Å². The number of ether oxygens (including phenoxy) is 1. The fraction of sp³-hybridized carbons (Fsp3) is 0.167. The van der Waals surface area contributed by atoms with Gasteiger partial charge in [-0.05, 0) is 42.0 Å². The second kappa shape index (κ2) is 10.1. The molecule has 0 saturated carbocycles. The summed E-state index contributed by atoms with van der Waals surface area (Å²) in [6, 6.07) is 26.5. The van der Waals surface area contributed by atoms with E-state index in [1.807, 2.05) is 84.9 Å². The lowest BCUT2D eigenvalue weighted by atomic mass is 10.2. The summed E-state index contributed by atoms with van der Waals surface area (Å²) < 4.78 is 5.78. The number of amides is 2. The van der Waals surface area contributed by atoms with Gasteiger partial charge in [0.2, 0.25) is 11.8 Å². The van der Waals surface area contributed by atoms with E-state index in [2.05, 4.69) is 5.32 Å². The van der Waals surface area contributed by atoms with Crippen LogP contribution < -0.4 is 15.0 Å². The first kappa shape index (κ1) is 20.1. The van der Waals surface area contributed by atoms with Gasteiger partial charge < -0.3 is 15.0 Å². The number of anilines is 1. The molecule has 1 N–H and O–H groups in total. The molecule has 0 bridgehead atoms. The zero-order chi connectivity index (χ0) is 20.5. The van der Waals surface area contributed by atoms with Gasteiger partial charge in [0.25, 0.3) is 0 Å². The standard InChI is InChI=1S/C24H24N2O3/c1-19(27)26(17-16-24(28)25-18-20-8-4-2-5-9-20)21-12-14-23(15-13-21)29-22-10-6-3-7-11-22/h2-15H,16-18H2,1H3,(H,25,28). The summed E-state index contributed by atoms with van der Waals surface area (Å²) in [5.74, 6) is 1.23. The third-order valence-corrected chi connectivity index (χ3v) is 4.40. The van der Waals surface area contributed by atoms with Crippen molar-refractivity contribution in [1.29, 1.82) is 0 Å². The van der Waals surface area contributed by atoms with Crippen molar-refractivity contribution in [3.63, 3.8) is 0 Å². The van der Waals surface area contributed by atoms with Crippen molar-refractivity contribution in [3.8, 4) is 11.5 Å². The van der Waals surface area contributed by atoms with E-state index in [9.17, 15) is 9.59 Å². The van der Waals surface area contributed by atoms with Crippen molar-refractivity contribution < 1.29 is 14.3 Å². The smallest absolute Gasteiger partial charge is 0.223 e. The van der Waals surface area contributed by atoms with Crippen LogP contribution in [0.15, 0.2) is 84.9 Å². The molecule has 0 spiro atoms. The number of nitrogens with zero attached hydrogens (tertiary/aromatic N) is 1. The Morgan fingerprint density at radius 1 is 0.828 bits per heavy atom. The van der Waals surface area contributed by atoms with E-state index in [0.29, 0.717) is 18.8 Å². The lowest BCUT2D eigenvalue weighted by Crippen LogP contribution is -2.33. The van der Waals surface area contributed by atoms with E-state index < -0.39 is 0 Å². The Kier molecular flexibility index (Phi) is 7.00. The molecule has 5 heteroatoms. The Labute approximate surface area is 170 Å². The molecule has 0 aromatic heterocycles. The first-order chi connectivity index (χ1) is 14.1. The molecule has 0 atom stereocenters. The molecular formula is C24H24N2O3. The molecule has 3 aromatic carbocycles. The lowest BCUT2D eigenvalue weighted by molar-refractivity contribution is -0.121. The fourth-order valence-corrected chi connectivity index (χ4v) is 2.89. The molecular weight excluding hydrogens is 364 g/mol. The third-order valence-electron chi connectivity index (χ3n) is 4.40. The van der Waals surface area contributed by atoms with Gasteiger partial charge in [-0.15, -0.1) is 0 Å². The van der Waals surface area contributed by atoms with Crippen molar-refractivity contribution in [2.75, 3.05) is 11.4 Å². The maximum absolute atomic E-state index is 12.2. The summed E-state index contributed by atoms with van der Waals surface area (Å²) in [7, 11) is 0.